The van der Waals surface area contributed by atoms with E-state index in [0.29, 0.717) is 18.0 Å². The maximum absolute atomic E-state index is 13.1. The lowest BCUT2D eigenvalue weighted by Crippen LogP contribution is -2.46. The Labute approximate surface area is 169 Å². The molecular formula is C22H26N4OS. The molecule has 28 heavy (non-hydrogen) atoms. The summed E-state index contributed by atoms with van der Waals surface area (Å²) < 4.78 is 1.21. The monoisotopic (exact) mass is 394 g/mol. The van der Waals surface area contributed by atoms with E-state index >= 15 is 0 Å². The van der Waals surface area contributed by atoms with E-state index in [0.717, 1.165) is 47.0 Å². The van der Waals surface area contributed by atoms with E-state index in [9.17, 15) is 4.79 Å². The number of nitrogens with zero attached hydrogens (tertiary/aromatic N) is 2. The Hall–Kier alpha value is -2.18. The lowest BCUT2D eigenvalue weighted by molar-refractivity contribution is 0.0721. The number of aromatic nitrogens is 2. The van der Waals surface area contributed by atoms with Crippen LogP contribution in [-0.4, -0.2) is 45.9 Å². The molecule has 1 amide bonds. The van der Waals surface area contributed by atoms with Gasteiger partial charge in [0.05, 0.1) is 20.8 Å². The average molecular weight is 395 g/mol. The number of fused-ring (bicyclic) bond motifs is 3. The van der Waals surface area contributed by atoms with Gasteiger partial charge in [0.15, 0.2) is 0 Å². The second kappa shape index (κ2) is 6.42. The summed E-state index contributed by atoms with van der Waals surface area (Å²) in [6.45, 7) is 10.3. The highest BCUT2D eigenvalue weighted by Crippen LogP contribution is 2.40. The van der Waals surface area contributed by atoms with Crippen molar-refractivity contribution in [1.82, 2.24) is 20.2 Å². The number of amides is 1. The van der Waals surface area contributed by atoms with Crippen LogP contribution in [0, 0.1) is 13.8 Å². The van der Waals surface area contributed by atoms with Gasteiger partial charge in [0, 0.05) is 42.1 Å². The fraction of sp³-hybridized carbons (Fsp3) is 0.455. The molecule has 2 saturated heterocycles. The predicted molar refractivity (Wildman–Crippen MR) is 114 cm³/mol. The number of pyridine rings is 1. The largest absolute Gasteiger partial charge is 0.354 e. The topological polar surface area (TPSA) is 61.0 Å². The fourth-order valence-corrected chi connectivity index (χ4v) is 6.08. The first-order chi connectivity index (χ1) is 13.4. The van der Waals surface area contributed by atoms with Gasteiger partial charge in [-0.2, -0.15) is 0 Å². The Balaban J connectivity index is 1.57. The number of aromatic amines is 1. The molecule has 0 radical (unpaired) electrons. The van der Waals surface area contributed by atoms with E-state index in [1.807, 2.05) is 13.8 Å². The van der Waals surface area contributed by atoms with Crippen LogP contribution >= 0.6 is 11.3 Å². The number of carbonyl (C=O) groups is 1. The lowest BCUT2D eigenvalue weighted by atomic mass is 9.99. The third-order valence-electron chi connectivity index (χ3n) is 5.98. The molecule has 0 unspecified atom stereocenters. The van der Waals surface area contributed by atoms with Gasteiger partial charge in [-0.3, -0.25) is 9.78 Å². The number of nitrogens with one attached hydrogen (secondary N) is 2. The van der Waals surface area contributed by atoms with Crippen molar-refractivity contribution < 1.29 is 4.79 Å². The minimum atomic E-state index is 0.190. The molecule has 2 atom stereocenters. The van der Waals surface area contributed by atoms with E-state index < -0.39 is 0 Å². The van der Waals surface area contributed by atoms with Crippen LogP contribution in [-0.2, 0) is 0 Å². The van der Waals surface area contributed by atoms with Crippen LogP contribution in [0.15, 0.2) is 18.2 Å². The van der Waals surface area contributed by atoms with Crippen LogP contribution in [0.2, 0.25) is 0 Å². The van der Waals surface area contributed by atoms with E-state index in [2.05, 4.69) is 52.2 Å². The van der Waals surface area contributed by atoms with E-state index in [1.165, 1.54) is 15.8 Å². The highest BCUT2D eigenvalue weighted by molar-refractivity contribution is 7.21. The van der Waals surface area contributed by atoms with Crippen molar-refractivity contribution in [2.75, 3.05) is 13.1 Å². The van der Waals surface area contributed by atoms with Gasteiger partial charge in [-0.15, -0.1) is 11.3 Å². The number of aryl methyl sites for hydroxylation is 2. The van der Waals surface area contributed by atoms with Crippen LogP contribution in [0.5, 0.6) is 0 Å². The van der Waals surface area contributed by atoms with Crippen molar-refractivity contribution in [2.24, 2.45) is 0 Å². The van der Waals surface area contributed by atoms with Crippen molar-refractivity contribution in [2.45, 2.75) is 52.1 Å². The van der Waals surface area contributed by atoms with Crippen molar-refractivity contribution in [3.63, 3.8) is 0 Å². The summed E-state index contributed by atoms with van der Waals surface area (Å²) in [6.07, 6.45) is 1.09. The number of likely N-dealkylation sites (tertiary alicyclic amines) is 1. The van der Waals surface area contributed by atoms with Gasteiger partial charge < -0.3 is 15.2 Å². The van der Waals surface area contributed by atoms with Gasteiger partial charge in [0.1, 0.15) is 0 Å². The van der Waals surface area contributed by atoms with Gasteiger partial charge >= 0.3 is 0 Å². The first-order valence-corrected chi connectivity index (χ1v) is 10.9. The molecule has 0 saturated carbocycles. The Morgan fingerprint density at radius 3 is 2.61 bits per heavy atom. The Morgan fingerprint density at radius 1 is 1.25 bits per heavy atom. The molecule has 2 fully saturated rings. The quantitative estimate of drug-likeness (QED) is 0.699. The Kier molecular flexibility index (Phi) is 4.10. The third kappa shape index (κ3) is 2.78. The normalized spacial score (nSPS) is 21.4. The molecular weight excluding hydrogens is 368 g/mol. The standard InChI is InChI=1S/C22H26N4OS/c1-11(2)19-20(14-5-12(3)24-13(4)6-14)25-17-8-18(28-21(17)19)22(27)26-10-15-7-16(26)9-23-15/h5-6,8,11,15-16,23,25H,7,9-10H2,1-4H3/t15-,16-/m1/s1. The number of hydrogen-bond acceptors (Lipinski definition) is 4. The molecule has 3 aromatic rings. The fourth-order valence-electron chi connectivity index (χ4n) is 4.81. The molecule has 2 bridgehead atoms. The van der Waals surface area contributed by atoms with Crippen LogP contribution in [0.3, 0.4) is 0 Å². The minimum absolute atomic E-state index is 0.190. The Bertz CT molecular complexity index is 1060. The highest BCUT2D eigenvalue weighted by Gasteiger charge is 2.40. The smallest absolute Gasteiger partial charge is 0.264 e. The molecule has 2 N–H and O–H groups in total. The van der Waals surface area contributed by atoms with Crippen LogP contribution in [0.4, 0.5) is 0 Å². The van der Waals surface area contributed by atoms with Crippen molar-refractivity contribution in [1.29, 1.82) is 0 Å². The number of hydrogen-bond donors (Lipinski definition) is 2. The van der Waals surface area contributed by atoms with Gasteiger partial charge in [-0.05, 0) is 49.9 Å². The van der Waals surface area contributed by atoms with E-state index in [1.54, 1.807) is 11.3 Å². The third-order valence-corrected chi connectivity index (χ3v) is 7.14. The van der Waals surface area contributed by atoms with Crippen molar-refractivity contribution in [3.05, 3.63) is 40.0 Å². The molecule has 2 aliphatic heterocycles. The van der Waals surface area contributed by atoms with Crippen LogP contribution in [0.25, 0.3) is 21.5 Å². The molecule has 5 nitrogen and oxygen atoms in total. The molecule has 2 aliphatic rings. The zero-order valence-corrected chi connectivity index (χ0v) is 17.6. The number of rotatable bonds is 3. The SMILES string of the molecule is Cc1cc(-c2[nH]c3cc(C(=O)N4C[C@H]5C[C@@H]4CN5)sc3c2C(C)C)cc(C)n1. The van der Waals surface area contributed by atoms with Gasteiger partial charge in [0.2, 0.25) is 0 Å². The van der Waals surface area contributed by atoms with Gasteiger partial charge in [-0.25, -0.2) is 0 Å². The summed E-state index contributed by atoms with van der Waals surface area (Å²) >= 11 is 1.64. The zero-order valence-electron chi connectivity index (χ0n) is 16.8. The molecule has 6 heteroatoms. The van der Waals surface area contributed by atoms with Crippen molar-refractivity contribution >= 4 is 27.5 Å². The summed E-state index contributed by atoms with van der Waals surface area (Å²) in [5, 5.41) is 3.47. The van der Waals surface area contributed by atoms with E-state index in [-0.39, 0.29) is 5.91 Å². The first kappa shape index (κ1) is 17.9. The number of thiophene rings is 1. The Morgan fingerprint density at radius 2 is 2.00 bits per heavy atom. The summed E-state index contributed by atoms with van der Waals surface area (Å²) in [7, 11) is 0. The molecule has 146 valence electrons. The molecule has 0 aromatic carbocycles. The summed E-state index contributed by atoms with van der Waals surface area (Å²) in [6, 6.07) is 7.16. The van der Waals surface area contributed by atoms with Crippen LogP contribution in [0.1, 0.15) is 52.8 Å². The van der Waals surface area contributed by atoms with Crippen LogP contribution < -0.4 is 5.32 Å². The second-order valence-electron chi connectivity index (χ2n) is 8.51. The summed E-state index contributed by atoms with van der Waals surface area (Å²) in [5.74, 6) is 0.557. The van der Waals surface area contributed by atoms with Gasteiger partial charge in [-0.1, -0.05) is 13.8 Å². The first-order valence-electron chi connectivity index (χ1n) is 10.1. The lowest BCUT2D eigenvalue weighted by Gasteiger charge is -2.26. The zero-order chi connectivity index (χ0) is 19.6. The maximum atomic E-state index is 13.1. The average Bonchev–Trinajstić information content (AvgIpc) is 3.38. The van der Waals surface area contributed by atoms with E-state index in [4.69, 9.17) is 0 Å². The molecule has 0 spiro atoms. The maximum Gasteiger partial charge on any atom is 0.264 e. The molecule has 5 rings (SSSR count). The minimum Gasteiger partial charge on any atom is -0.354 e. The van der Waals surface area contributed by atoms with Gasteiger partial charge in [0.25, 0.3) is 5.91 Å². The molecule has 5 heterocycles. The summed E-state index contributed by atoms with van der Waals surface area (Å²) in [4.78, 5) is 24.2. The number of H-pyrrole nitrogens is 1. The predicted octanol–water partition coefficient (Wildman–Crippen LogP) is 4.22. The molecule has 0 aliphatic carbocycles. The highest BCUT2D eigenvalue weighted by atomic mass is 32.1. The molecule has 3 aromatic heterocycles. The summed E-state index contributed by atoms with van der Waals surface area (Å²) in [5.41, 5.74) is 6.75. The second-order valence-corrected chi connectivity index (χ2v) is 9.56. The number of carbonyl (C=O) groups excluding carboxylic acids is 1. The van der Waals surface area contributed by atoms with Crippen molar-refractivity contribution in [3.8, 4) is 11.3 Å². The number of piperazine rings is 1.